The summed E-state index contributed by atoms with van der Waals surface area (Å²) in [4.78, 5) is 20.6. The highest BCUT2D eigenvalue weighted by molar-refractivity contribution is 5.92. The molecule has 3 aromatic rings. The summed E-state index contributed by atoms with van der Waals surface area (Å²) >= 11 is 0. The zero-order chi connectivity index (χ0) is 18.4. The standard InChI is InChI=1S/C19H17FN4O2/c1-26-15-7-4-6-14(11-15)23-19-21-10-9-17(24-19)18(25)22-12-13-5-2-3-8-16(13)20/h2-11H,12H2,1H3,(H,22,25)(H,21,23,24). The highest BCUT2D eigenvalue weighted by Crippen LogP contribution is 2.19. The number of nitrogens with one attached hydrogen (secondary N) is 2. The molecule has 0 aliphatic rings. The summed E-state index contributed by atoms with van der Waals surface area (Å²) in [7, 11) is 1.58. The van der Waals surface area contributed by atoms with Crippen molar-refractivity contribution >= 4 is 17.5 Å². The second-order valence-corrected chi connectivity index (χ2v) is 5.40. The largest absolute Gasteiger partial charge is 0.497 e. The average Bonchev–Trinajstić information content (AvgIpc) is 2.67. The number of hydrogen-bond donors (Lipinski definition) is 2. The first-order chi connectivity index (χ1) is 12.7. The number of hydrogen-bond acceptors (Lipinski definition) is 5. The van der Waals surface area contributed by atoms with E-state index >= 15 is 0 Å². The van der Waals surface area contributed by atoms with Crippen LogP contribution in [0.25, 0.3) is 0 Å². The molecule has 0 unspecified atom stereocenters. The summed E-state index contributed by atoms with van der Waals surface area (Å²) in [6, 6.07) is 15.0. The Morgan fingerprint density at radius 1 is 1.15 bits per heavy atom. The lowest BCUT2D eigenvalue weighted by atomic mass is 10.2. The Morgan fingerprint density at radius 2 is 2.00 bits per heavy atom. The Morgan fingerprint density at radius 3 is 2.81 bits per heavy atom. The van der Waals surface area contributed by atoms with Crippen molar-refractivity contribution in [2.75, 3.05) is 12.4 Å². The van der Waals surface area contributed by atoms with Crippen molar-refractivity contribution in [3.8, 4) is 5.75 Å². The predicted octanol–water partition coefficient (Wildman–Crippen LogP) is 3.30. The van der Waals surface area contributed by atoms with Crippen LogP contribution < -0.4 is 15.4 Å². The van der Waals surface area contributed by atoms with Gasteiger partial charge in [-0.2, -0.15) is 0 Å². The van der Waals surface area contributed by atoms with Gasteiger partial charge in [0.15, 0.2) is 0 Å². The average molecular weight is 352 g/mol. The lowest BCUT2D eigenvalue weighted by Gasteiger charge is -2.09. The van der Waals surface area contributed by atoms with E-state index in [1.54, 1.807) is 31.4 Å². The molecule has 0 aliphatic heterocycles. The molecule has 6 nitrogen and oxygen atoms in total. The fourth-order valence-corrected chi connectivity index (χ4v) is 2.28. The van der Waals surface area contributed by atoms with E-state index in [1.807, 2.05) is 18.2 Å². The molecule has 1 amide bonds. The number of benzene rings is 2. The van der Waals surface area contributed by atoms with Gasteiger partial charge in [0.1, 0.15) is 17.3 Å². The van der Waals surface area contributed by atoms with Crippen molar-refractivity contribution < 1.29 is 13.9 Å². The van der Waals surface area contributed by atoms with Gasteiger partial charge < -0.3 is 15.4 Å². The Bertz CT molecular complexity index is 917. The number of ether oxygens (including phenoxy) is 1. The predicted molar refractivity (Wildman–Crippen MR) is 95.9 cm³/mol. The monoisotopic (exact) mass is 352 g/mol. The SMILES string of the molecule is COc1cccc(Nc2nccc(C(=O)NCc3ccccc3F)n2)c1. The molecular weight excluding hydrogens is 335 g/mol. The van der Waals surface area contributed by atoms with Crippen molar-refractivity contribution in [1.29, 1.82) is 0 Å². The minimum atomic E-state index is -0.413. The van der Waals surface area contributed by atoms with Crippen molar-refractivity contribution in [2.24, 2.45) is 0 Å². The number of amides is 1. The van der Waals surface area contributed by atoms with E-state index in [1.165, 1.54) is 18.3 Å². The van der Waals surface area contributed by atoms with Gasteiger partial charge in [0.25, 0.3) is 5.91 Å². The van der Waals surface area contributed by atoms with Gasteiger partial charge in [0.05, 0.1) is 7.11 Å². The molecule has 0 bridgehead atoms. The van der Waals surface area contributed by atoms with Crippen molar-refractivity contribution in [1.82, 2.24) is 15.3 Å². The summed E-state index contributed by atoms with van der Waals surface area (Å²) in [5.74, 6) is 0.186. The van der Waals surface area contributed by atoms with E-state index in [-0.39, 0.29) is 24.0 Å². The molecule has 0 radical (unpaired) electrons. The summed E-state index contributed by atoms with van der Waals surface area (Å²) in [5, 5.41) is 5.66. The van der Waals surface area contributed by atoms with Crippen molar-refractivity contribution in [3.05, 3.63) is 77.9 Å². The normalized spacial score (nSPS) is 10.2. The maximum atomic E-state index is 13.6. The zero-order valence-electron chi connectivity index (χ0n) is 14.1. The Labute approximate surface area is 150 Å². The number of methoxy groups -OCH3 is 1. The second kappa shape index (κ2) is 8.06. The molecule has 0 spiro atoms. The third-order valence-electron chi connectivity index (χ3n) is 3.61. The van der Waals surface area contributed by atoms with Crippen LogP contribution in [0.1, 0.15) is 16.1 Å². The zero-order valence-corrected chi connectivity index (χ0v) is 14.1. The Kier molecular flexibility index (Phi) is 5.38. The van der Waals surface area contributed by atoms with Gasteiger partial charge in [0.2, 0.25) is 5.95 Å². The number of anilines is 2. The number of rotatable bonds is 6. The van der Waals surface area contributed by atoms with Crippen LogP contribution in [0.2, 0.25) is 0 Å². The van der Waals surface area contributed by atoms with Crippen LogP contribution >= 0.6 is 0 Å². The first kappa shape index (κ1) is 17.3. The van der Waals surface area contributed by atoms with Gasteiger partial charge in [-0.25, -0.2) is 14.4 Å². The Hall–Kier alpha value is -3.48. The van der Waals surface area contributed by atoms with Gasteiger partial charge >= 0.3 is 0 Å². The molecule has 0 fully saturated rings. The van der Waals surface area contributed by atoms with Gasteiger partial charge in [-0.1, -0.05) is 24.3 Å². The second-order valence-electron chi connectivity index (χ2n) is 5.40. The molecule has 2 N–H and O–H groups in total. The minimum absolute atomic E-state index is 0.0775. The van der Waals surface area contributed by atoms with Crippen LogP contribution in [0.4, 0.5) is 16.0 Å². The van der Waals surface area contributed by atoms with E-state index in [0.29, 0.717) is 11.3 Å². The molecule has 1 heterocycles. The summed E-state index contributed by atoms with van der Waals surface area (Å²) in [6.45, 7) is 0.0775. The smallest absolute Gasteiger partial charge is 0.270 e. The molecular formula is C19H17FN4O2. The molecule has 132 valence electrons. The van der Waals surface area contributed by atoms with Crippen LogP contribution in [0.5, 0.6) is 5.75 Å². The van der Waals surface area contributed by atoms with E-state index < -0.39 is 5.91 Å². The number of nitrogens with zero attached hydrogens (tertiary/aromatic N) is 2. The van der Waals surface area contributed by atoms with Gasteiger partial charge in [-0.3, -0.25) is 4.79 Å². The van der Waals surface area contributed by atoms with Crippen LogP contribution in [0.3, 0.4) is 0 Å². The number of carbonyl (C=O) groups excluding carboxylic acids is 1. The van der Waals surface area contributed by atoms with Gasteiger partial charge in [-0.15, -0.1) is 0 Å². The summed E-state index contributed by atoms with van der Waals surface area (Å²) in [6.07, 6.45) is 1.48. The van der Waals surface area contributed by atoms with Crippen molar-refractivity contribution in [3.63, 3.8) is 0 Å². The van der Waals surface area contributed by atoms with Crippen LogP contribution in [0, 0.1) is 5.82 Å². The number of aromatic nitrogens is 2. The van der Waals surface area contributed by atoms with E-state index in [2.05, 4.69) is 20.6 Å². The molecule has 7 heteroatoms. The highest BCUT2D eigenvalue weighted by atomic mass is 19.1. The molecule has 0 aliphatic carbocycles. The first-order valence-corrected chi connectivity index (χ1v) is 7.91. The van der Waals surface area contributed by atoms with Gasteiger partial charge in [-0.05, 0) is 24.3 Å². The van der Waals surface area contributed by atoms with Crippen LogP contribution in [-0.4, -0.2) is 23.0 Å². The molecule has 1 aromatic heterocycles. The third kappa shape index (κ3) is 4.32. The highest BCUT2D eigenvalue weighted by Gasteiger charge is 2.10. The summed E-state index contributed by atoms with van der Waals surface area (Å²) < 4.78 is 18.8. The fraction of sp³-hybridized carbons (Fsp3) is 0.105. The molecule has 0 atom stereocenters. The third-order valence-corrected chi connectivity index (χ3v) is 3.61. The fourth-order valence-electron chi connectivity index (χ4n) is 2.28. The first-order valence-electron chi connectivity index (χ1n) is 7.91. The molecule has 2 aromatic carbocycles. The number of halogens is 1. The summed E-state index contributed by atoms with van der Waals surface area (Å²) in [5.41, 5.74) is 1.32. The topological polar surface area (TPSA) is 76.1 Å². The molecule has 0 saturated heterocycles. The van der Waals surface area contributed by atoms with Crippen molar-refractivity contribution in [2.45, 2.75) is 6.54 Å². The van der Waals surface area contributed by atoms with Crippen LogP contribution in [0.15, 0.2) is 60.8 Å². The van der Waals surface area contributed by atoms with Gasteiger partial charge in [0, 0.05) is 30.1 Å². The number of carbonyl (C=O) groups is 1. The lowest BCUT2D eigenvalue weighted by Crippen LogP contribution is -2.24. The maximum absolute atomic E-state index is 13.6. The van der Waals surface area contributed by atoms with E-state index in [4.69, 9.17) is 4.74 Å². The maximum Gasteiger partial charge on any atom is 0.270 e. The minimum Gasteiger partial charge on any atom is -0.497 e. The van der Waals surface area contributed by atoms with Crippen LogP contribution in [-0.2, 0) is 6.54 Å². The molecule has 26 heavy (non-hydrogen) atoms. The quantitative estimate of drug-likeness (QED) is 0.712. The lowest BCUT2D eigenvalue weighted by molar-refractivity contribution is 0.0945. The molecule has 3 rings (SSSR count). The molecule has 0 saturated carbocycles. The van der Waals surface area contributed by atoms with E-state index in [9.17, 15) is 9.18 Å². The van der Waals surface area contributed by atoms with E-state index in [0.717, 1.165) is 5.69 Å². The Balaban J connectivity index is 1.68.